The first-order valence-electron chi connectivity index (χ1n) is 8.42. The number of nitrogens with two attached hydrogens (primary N) is 1. The summed E-state index contributed by atoms with van der Waals surface area (Å²) < 4.78 is 29.7. The molecule has 0 amide bonds. The number of hydrogen-bond donors (Lipinski definition) is 1. The van der Waals surface area contributed by atoms with Crippen molar-refractivity contribution < 1.29 is 12.8 Å². The predicted octanol–water partition coefficient (Wildman–Crippen LogP) is 3.93. The molecule has 0 bridgehead atoms. The van der Waals surface area contributed by atoms with Gasteiger partial charge in [-0.25, -0.2) is 18.4 Å². The van der Waals surface area contributed by atoms with Crippen molar-refractivity contribution in [3.63, 3.8) is 0 Å². The third-order valence-corrected chi connectivity index (χ3v) is 6.12. The molecule has 0 saturated heterocycles. The van der Waals surface area contributed by atoms with Crippen LogP contribution in [-0.2, 0) is 9.84 Å². The molecule has 6 nitrogen and oxygen atoms in total. The number of fused-ring (bicyclic) bond motifs is 1. The maximum Gasteiger partial charge on any atom is 0.231 e. The summed E-state index contributed by atoms with van der Waals surface area (Å²) in [7, 11) is -3.23. The summed E-state index contributed by atoms with van der Waals surface area (Å²) in [4.78, 5) is 9.02. The topological polar surface area (TPSA) is 99.1 Å². The van der Waals surface area contributed by atoms with Crippen molar-refractivity contribution in [1.82, 2.24) is 9.97 Å². The maximum absolute atomic E-state index is 12.0. The van der Waals surface area contributed by atoms with Crippen LogP contribution >= 0.6 is 0 Å². The molecule has 4 rings (SSSR count). The third kappa shape index (κ3) is 3.17. The van der Waals surface area contributed by atoms with E-state index in [-0.39, 0.29) is 5.75 Å². The van der Waals surface area contributed by atoms with Gasteiger partial charge in [0.15, 0.2) is 15.4 Å². The minimum atomic E-state index is -3.23. The molecule has 27 heavy (non-hydrogen) atoms. The van der Waals surface area contributed by atoms with Gasteiger partial charge in [0.25, 0.3) is 0 Å². The number of hydrogen-bond acceptors (Lipinski definition) is 6. The Morgan fingerprint density at radius 3 is 2.48 bits per heavy atom. The molecule has 0 atom stereocenters. The number of nitrogen functional groups attached to an aromatic ring is 1. The standard InChI is InChI=1S/C20H17N3O3S/c1-2-27(24,25)15-9-7-13(8-10-15)14-11-16(19(21)22-12-14)20-23-17-5-3-4-6-18(17)26-20/h3-12H,2H2,1H3,(H2,21,22). The van der Waals surface area contributed by atoms with E-state index < -0.39 is 9.84 Å². The molecule has 0 spiro atoms. The van der Waals surface area contributed by atoms with Crippen LogP contribution in [0, 0.1) is 0 Å². The molecule has 0 saturated carbocycles. The van der Waals surface area contributed by atoms with E-state index in [0.717, 1.165) is 16.6 Å². The Bertz CT molecular complexity index is 1200. The molecule has 4 aromatic rings. The van der Waals surface area contributed by atoms with E-state index >= 15 is 0 Å². The van der Waals surface area contributed by atoms with Crippen LogP contribution in [0.25, 0.3) is 33.7 Å². The predicted molar refractivity (Wildman–Crippen MR) is 105 cm³/mol. The minimum Gasteiger partial charge on any atom is -0.436 e. The Labute approximate surface area is 156 Å². The van der Waals surface area contributed by atoms with Crippen LogP contribution in [0.15, 0.2) is 70.1 Å². The molecule has 2 aromatic heterocycles. The van der Waals surface area contributed by atoms with Gasteiger partial charge >= 0.3 is 0 Å². The normalized spacial score (nSPS) is 11.7. The Balaban J connectivity index is 1.76. The van der Waals surface area contributed by atoms with Crippen molar-refractivity contribution in [1.29, 1.82) is 0 Å². The van der Waals surface area contributed by atoms with Gasteiger partial charge in [-0.15, -0.1) is 0 Å². The zero-order chi connectivity index (χ0) is 19.0. The van der Waals surface area contributed by atoms with Gasteiger partial charge < -0.3 is 10.2 Å². The van der Waals surface area contributed by atoms with Gasteiger partial charge in [0, 0.05) is 11.8 Å². The average molecular weight is 379 g/mol. The van der Waals surface area contributed by atoms with E-state index in [1.165, 1.54) is 0 Å². The number of nitrogens with zero attached hydrogens (tertiary/aromatic N) is 2. The molecule has 2 N–H and O–H groups in total. The first-order chi connectivity index (χ1) is 13.0. The fourth-order valence-corrected chi connectivity index (χ4v) is 3.70. The zero-order valence-corrected chi connectivity index (χ0v) is 15.4. The van der Waals surface area contributed by atoms with Gasteiger partial charge in [0.1, 0.15) is 11.3 Å². The fraction of sp³-hybridized carbons (Fsp3) is 0.100. The SMILES string of the molecule is CCS(=O)(=O)c1ccc(-c2cnc(N)c(-c3nc4ccccc4o3)c2)cc1. The van der Waals surface area contributed by atoms with Crippen LogP contribution in [0.3, 0.4) is 0 Å². The van der Waals surface area contributed by atoms with Crippen LogP contribution in [0.2, 0.25) is 0 Å². The number of aromatic nitrogens is 2. The number of rotatable bonds is 4. The van der Waals surface area contributed by atoms with Crippen LogP contribution < -0.4 is 5.73 Å². The zero-order valence-electron chi connectivity index (χ0n) is 14.6. The highest BCUT2D eigenvalue weighted by atomic mass is 32.2. The summed E-state index contributed by atoms with van der Waals surface area (Å²) >= 11 is 0. The molecule has 0 fully saturated rings. The molecule has 0 aliphatic heterocycles. The monoisotopic (exact) mass is 379 g/mol. The lowest BCUT2D eigenvalue weighted by Crippen LogP contribution is -2.03. The van der Waals surface area contributed by atoms with E-state index in [4.69, 9.17) is 10.2 Å². The molecule has 7 heteroatoms. The van der Waals surface area contributed by atoms with Crippen LogP contribution in [0.1, 0.15) is 6.92 Å². The summed E-state index contributed by atoms with van der Waals surface area (Å²) in [6.07, 6.45) is 1.64. The number of benzene rings is 2. The number of oxazole rings is 1. The fourth-order valence-electron chi connectivity index (χ4n) is 2.81. The largest absolute Gasteiger partial charge is 0.436 e. The summed E-state index contributed by atoms with van der Waals surface area (Å²) in [5.74, 6) is 0.779. The first-order valence-corrected chi connectivity index (χ1v) is 10.1. The lowest BCUT2D eigenvalue weighted by Gasteiger charge is -2.07. The smallest absolute Gasteiger partial charge is 0.231 e. The van der Waals surface area contributed by atoms with E-state index in [0.29, 0.717) is 27.8 Å². The molecular formula is C20H17N3O3S. The Morgan fingerprint density at radius 1 is 1.04 bits per heavy atom. The molecule has 0 unspecified atom stereocenters. The first kappa shape index (κ1) is 17.2. The van der Waals surface area contributed by atoms with Crippen LogP contribution in [0.4, 0.5) is 5.82 Å². The quantitative estimate of drug-likeness (QED) is 0.577. The lowest BCUT2D eigenvalue weighted by molar-refractivity contribution is 0.597. The Morgan fingerprint density at radius 2 is 1.78 bits per heavy atom. The van der Waals surface area contributed by atoms with E-state index in [9.17, 15) is 8.42 Å². The van der Waals surface area contributed by atoms with Gasteiger partial charge in [-0.2, -0.15) is 0 Å². The molecule has 2 aromatic carbocycles. The molecule has 0 aliphatic carbocycles. The molecular weight excluding hydrogens is 362 g/mol. The Hall–Kier alpha value is -3.19. The highest BCUT2D eigenvalue weighted by Gasteiger charge is 2.15. The summed E-state index contributed by atoms with van der Waals surface area (Å²) in [6, 6.07) is 16.0. The van der Waals surface area contributed by atoms with E-state index in [1.54, 1.807) is 37.4 Å². The molecule has 0 aliphatic rings. The van der Waals surface area contributed by atoms with Gasteiger partial charge in [0.05, 0.1) is 16.2 Å². The van der Waals surface area contributed by atoms with Gasteiger partial charge in [-0.05, 0) is 35.9 Å². The average Bonchev–Trinajstić information content (AvgIpc) is 3.12. The second kappa shape index (κ2) is 6.51. The summed E-state index contributed by atoms with van der Waals surface area (Å²) in [5, 5.41) is 0. The van der Waals surface area contributed by atoms with Crippen molar-refractivity contribution in [2.24, 2.45) is 0 Å². The highest BCUT2D eigenvalue weighted by molar-refractivity contribution is 7.91. The minimum absolute atomic E-state index is 0.0671. The summed E-state index contributed by atoms with van der Waals surface area (Å²) in [5.41, 5.74) is 9.66. The van der Waals surface area contributed by atoms with E-state index in [2.05, 4.69) is 9.97 Å². The Kier molecular flexibility index (Phi) is 4.16. The number of pyridine rings is 1. The molecule has 136 valence electrons. The van der Waals surface area contributed by atoms with Crippen LogP contribution in [-0.4, -0.2) is 24.1 Å². The van der Waals surface area contributed by atoms with E-state index in [1.807, 2.05) is 30.3 Å². The summed E-state index contributed by atoms with van der Waals surface area (Å²) in [6.45, 7) is 1.62. The van der Waals surface area contributed by atoms with Crippen molar-refractivity contribution >= 4 is 26.8 Å². The number of anilines is 1. The molecule has 0 radical (unpaired) electrons. The van der Waals surface area contributed by atoms with Gasteiger partial charge in [-0.1, -0.05) is 31.2 Å². The maximum atomic E-state index is 12.0. The highest BCUT2D eigenvalue weighted by Crippen LogP contribution is 2.31. The molecule has 2 heterocycles. The van der Waals surface area contributed by atoms with Crippen molar-refractivity contribution in [3.05, 3.63) is 60.8 Å². The van der Waals surface area contributed by atoms with Crippen molar-refractivity contribution in [3.8, 4) is 22.6 Å². The second-order valence-corrected chi connectivity index (χ2v) is 8.35. The number of sulfone groups is 1. The third-order valence-electron chi connectivity index (χ3n) is 4.37. The second-order valence-electron chi connectivity index (χ2n) is 6.07. The van der Waals surface area contributed by atoms with Crippen molar-refractivity contribution in [2.45, 2.75) is 11.8 Å². The van der Waals surface area contributed by atoms with Crippen molar-refractivity contribution in [2.75, 3.05) is 11.5 Å². The number of para-hydroxylation sites is 2. The van der Waals surface area contributed by atoms with Gasteiger partial charge in [-0.3, -0.25) is 0 Å². The van der Waals surface area contributed by atoms with Gasteiger partial charge in [0.2, 0.25) is 5.89 Å². The van der Waals surface area contributed by atoms with Crippen LogP contribution in [0.5, 0.6) is 0 Å². The lowest BCUT2D eigenvalue weighted by atomic mass is 10.1.